The van der Waals surface area contributed by atoms with E-state index in [0.717, 1.165) is 56.6 Å². The molecule has 0 saturated carbocycles. The number of hydroxylamine groups is 1. The van der Waals surface area contributed by atoms with Crippen molar-refractivity contribution in [3.8, 4) is 5.75 Å². The van der Waals surface area contributed by atoms with E-state index in [1.54, 1.807) is 0 Å². The molecule has 0 aromatic heterocycles. The molecule has 0 bridgehead atoms. The largest absolute Gasteiger partial charge is 0.379 e. The van der Waals surface area contributed by atoms with Gasteiger partial charge in [0.25, 0.3) is 5.91 Å². The van der Waals surface area contributed by atoms with Crippen LogP contribution in [0.5, 0.6) is 5.75 Å². The van der Waals surface area contributed by atoms with Crippen molar-refractivity contribution >= 4 is 5.91 Å². The smallest absolute Gasteiger partial charge is 0.252 e. The Kier molecular flexibility index (Phi) is 7.92. The molecule has 1 fully saturated rings. The van der Waals surface area contributed by atoms with Gasteiger partial charge in [-0.05, 0) is 92.9 Å². The lowest BCUT2D eigenvalue weighted by Gasteiger charge is -2.33. The molecular formula is C26H36N2O2. The fraction of sp³-hybridized carbons (Fsp3) is 0.500. The summed E-state index contributed by atoms with van der Waals surface area (Å²) in [6.45, 7) is 11.8. The minimum Gasteiger partial charge on any atom is -0.379 e. The van der Waals surface area contributed by atoms with Crippen LogP contribution in [0.15, 0.2) is 36.4 Å². The van der Waals surface area contributed by atoms with E-state index >= 15 is 0 Å². The van der Waals surface area contributed by atoms with Crippen LogP contribution in [0.2, 0.25) is 0 Å². The highest BCUT2D eigenvalue weighted by Gasteiger charge is 2.24. The molecule has 4 heteroatoms. The van der Waals surface area contributed by atoms with Gasteiger partial charge < -0.3 is 4.84 Å². The summed E-state index contributed by atoms with van der Waals surface area (Å²) >= 11 is 0. The number of nitrogens with zero attached hydrogens (tertiary/aromatic N) is 1. The maximum Gasteiger partial charge on any atom is 0.252 e. The minimum atomic E-state index is -0.0507. The highest BCUT2D eigenvalue weighted by molar-refractivity contribution is 5.75. The maximum atomic E-state index is 12.0. The molecule has 1 saturated heterocycles. The van der Waals surface area contributed by atoms with E-state index in [-0.39, 0.29) is 5.91 Å². The summed E-state index contributed by atoms with van der Waals surface area (Å²) in [6.07, 6.45) is 4.70. The number of nitrogens with one attached hydrogen (secondary N) is 1. The van der Waals surface area contributed by atoms with Crippen molar-refractivity contribution in [2.24, 2.45) is 0 Å². The number of piperidine rings is 1. The van der Waals surface area contributed by atoms with E-state index in [4.69, 9.17) is 4.84 Å². The third-order valence-corrected chi connectivity index (χ3v) is 6.52. The summed E-state index contributed by atoms with van der Waals surface area (Å²) in [4.78, 5) is 20.3. The SMILES string of the molecule is CCCCC(=O)NOc1cc(C2CCN(Cc3ccccc3)CC2)c(C)c(C)c1C. The third kappa shape index (κ3) is 5.63. The van der Waals surface area contributed by atoms with Gasteiger partial charge in [-0.3, -0.25) is 9.69 Å². The Bertz CT molecular complexity index is 840. The summed E-state index contributed by atoms with van der Waals surface area (Å²) in [7, 11) is 0. The lowest BCUT2D eigenvalue weighted by molar-refractivity contribution is -0.127. The Labute approximate surface area is 181 Å². The van der Waals surface area contributed by atoms with E-state index in [1.807, 2.05) is 0 Å². The summed E-state index contributed by atoms with van der Waals surface area (Å²) in [5.41, 5.74) is 9.12. The van der Waals surface area contributed by atoms with Crippen LogP contribution in [0, 0.1) is 20.8 Å². The number of carbonyl (C=O) groups is 1. The van der Waals surface area contributed by atoms with E-state index in [0.29, 0.717) is 12.3 Å². The minimum absolute atomic E-state index is 0.0507. The van der Waals surface area contributed by atoms with E-state index in [9.17, 15) is 4.79 Å². The molecule has 0 atom stereocenters. The second-order valence-corrected chi connectivity index (χ2v) is 8.61. The molecule has 0 unspecified atom stereocenters. The van der Waals surface area contributed by atoms with Crippen molar-refractivity contribution in [1.82, 2.24) is 10.4 Å². The van der Waals surface area contributed by atoms with Crippen LogP contribution in [-0.4, -0.2) is 23.9 Å². The van der Waals surface area contributed by atoms with Gasteiger partial charge in [-0.1, -0.05) is 43.7 Å². The normalized spacial score (nSPS) is 15.2. The van der Waals surface area contributed by atoms with E-state index in [2.05, 4.69) is 74.5 Å². The first kappa shape index (κ1) is 22.4. The number of amides is 1. The summed E-state index contributed by atoms with van der Waals surface area (Å²) in [5, 5.41) is 0. The number of likely N-dealkylation sites (tertiary alicyclic amines) is 1. The summed E-state index contributed by atoms with van der Waals surface area (Å²) < 4.78 is 0. The predicted octanol–water partition coefficient (Wildman–Crippen LogP) is 5.59. The Balaban J connectivity index is 1.65. The van der Waals surface area contributed by atoms with Crippen LogP contribution in [0.3, 0.4) is 0 Å². The first-order valence-electron chi connectivity index (χ1n) is 11.3. The predicted molar refractivity (Wildman–Crippen MR) is 123 cm³/mol. The fourth-order valence-corrected chi connectivity index (χ4v) is 4.31. The fourth-order valence-electron chi connectivity index (χ4n) is 4.31. The van der Waals surface area contributed by atoms with Gasteiger partial charge in [0.1, 0.15) is 0 Å². The molecular weight excluding hydrogens is 372 g/mol. The third-order valence-electron chi connectivity index (χ3n) is 6.52. The number of benzene rings is 2. The lowest BCUT2D eigenvalue weighted by atomic mass is 9.84. The number of unbranched alkanes of at least 4 members (excludes halogenated alkanes) is 1. The summed E-state index contributed by atoms with van der Waals surface area (Å²) in [5.74, 6) is 1.27. The van der Waals surface area contributed by atoms with Gasteiger partial charge in [0.15, 0.2) is 5.75 Å². The molecule has 2 aromatic carbocycles. The first-order chi connectivity index (χ1) is 14.5. The van der Waals surface area contributed by atoms with Crippen LogP contribution < -0.4 is 10.3 Å². The quantitative estimate of drug-likeness (QED) is 0.579. The Morgan fingerprint density at radius 2 is 1.77 bits per heavy atom. The zero-order chi connectivity index (χ0) is 21.5. The highest BCUT2D eigenvalue weighted by atomic mass is 16.7. The average molecular weight is 409 g/mol. The number of carbonyl (C=O) groups excluding carboxylic acids is 1. The zero-order valence-corrected chi connectivity index (χ0v) is 19.0. The lowest BCUT2D eigenvalue weighted by Crippen LogP contribution is -2.32. The number of hydrogen-bond donors (Lipinski definition) is 1. The molecule has 0 spiro atoms. The second kappa shape index (κ2) is 10.6. The molecule has 3 rings (SSSR count). The van der Waals surface area contributed by atoms with Crippen molar-refractivity contribution in [3.05, 3.63) is 64.2 Å². The molecule has 1 heterocycles. The van der Waals surface area contributed by atoms with Gasteiger partial charge in [0, 0.05) is 13.0 Å². The Morgan fingerprint density at radius 1 is 1.07 bits per heavy atom. The molecule has 1 aliphatic heterocycles. The van der Waals surface area contributed by atoms with Gasteiger partial charge >= 0.3 is 0 Å². The summed E-state index contributed by atoms with van der Waals surface area (Å²) in [6, 6.07) is 12.9. The standard InChI is InChI=1S/C26H36N2O2/c1-5-6-12-26(29)27-30-25-17-24(20(3)19(2)21(25)4)23-13-15-28(16-14-23)18-22-10-8-7-9-11-22/h7-11,17,23H,5-6,12-16,18H2,1-4H3,(H,27,29). The highest BCUT2D eigenvalue weighted by Crippen LogP contribution is 2.36. The van der Waals surface area contributed by atoms with Crippen LogP contribution in [0.25, 0.3) is 0 Å². The van der Waals surface area contributed by atoms with Crippen LogP contribution in [0.1, 0.15) is 72.8 Å². The van der Waals surface area contributed by atoms with Crippen molar-refractivity contribution in [2.75, 3.05) is 13.1 Å². The zero-order valence-electron chi connectivity index (χ0n) is 19.0. The monoisotopic (exact) mass is 408 g/mol. The molecule has 1 amide bonds. The number of hydrogen-bond acceptors (Lipinski definition) is 3. The van der Waals surface area contributed by atoms with Crippen LogP contribution in [0.4, 0.5) is 0 Å². The molecule has 4 nitrogen and oxygen atoms in total. The van der Waals surface area contributed by atoms with E-state index < -0.39 is 0 Å². The first-order valence-corrected chi connectivity index (χ1v) is 11.3. The van der Waals surface area contributed by atoms with Crippen molar-refractivity contribution in [1.29, 1.82) is 0 Å². The number of rotatable bonds is 8. The molecule has 2 aromatic rings. The second-order valence-electron chi connectivity index (χ2n) is 8.61. The molecule has 162 valence electrons. The van der Waals surface area contributed by atoms with E-state index in [1.165, 1.54) is 22.3 Å². The van der Waals surface area contributed by atoms with Gasteiger partial charge in [0.2, 0.25) is 0 Å². The molecule has 1 aliphatic rings. The van der Waals surface area contributed by atoms with Gasteiger partial charge in [-0.25, -0.2) is 0 Å². The topological polar surface area (TPSA) is 41.6 Å². The van der Waals surface area contributed by atoms with Crippen molar-refractivity contribution in [3.63, 3.8) is 0 Å². The van der Waals surface area contributed by atoms with Gasteiger partial charge in [-0.2, -0.15) is 5.48 Å². The molecule has 30 heavy (non-hydrogen) atoms. The maximum absolute atomic E-state index is 12.0. The Hall–Kier alpha value is -2.33. The Morgan fingerprint density at radius 3 is 2.43 bits per heavy atom. The van der Waals surface area contributed by atoms with Crippen molar-refractivity contribution < 1.29 is 9.63 Å². The van der Waals surface area contributed by atoms with Gasteiger partial charge in [-0.15, -0.1) is 0 Å². The molecule has 1 N–H and O–H groups in total. The van der Waals surface area contributed by atoms with Gasteiger partial charge in [0.05, 0.1) is 0 Å². The molecule has 0 aliphatic carbocycles. The molecule has 0 radical (unpaired) electrons. The van der Waals surface area contributed by atoms with Crippen LogP contribution >= 0.6 is 0 Å². The average Bonchev–Trinajstić information content (AvgIpc) is 2.77. The van der Waals surface area contributed by atoms with Crippen LogP contribution in [-0.2, 0) is 11.3 Å². The van der Waals surface area contributed by atoms with Crippen molar-refractivity contribution in [2.45, 2.75) is 72.3 Å².